The van der Waals surface area contributed by atoms with Gasteiger partial charge in [0.15, 0.2) is 11.5 Å². The number of hydrogen-bond donors (Lipinski definition) is 0. The van der Waals surface area contributed by atoms with Crippen LogP contribution in [0.3, 0.4) is 0 Å². The first kappa shape index (κ1) is 13.2. The molecule has 1 aromatic carbocycles. The minimum atomic E-state index is -0.242. The summed E-state index contributed by atoms with van der Waals surface area (Å²) in [5, 5.41) is 4.37. The number of rotatable bonds is 2. The highest BCUT2D eigenvalue weighted by Gasteiger charge is 2.32. The van der Waals surface area contributed by atoms with Crippen molar-refractivity contribution >= 4 is 5.97 Å². The van der Waals surface area contributed by atoms with E-state index in [1.54, 1.807) is 6.07 Å². The molecule has 0 saturated heterocycles. The first-order chi connectivity index (χ1) is 10.6. The molecule has 2 aliphatic rings. The Kier molecular flexibility index (Phi) is 2.85. The van der Waals surface area contributed by atoms with Crippen LogP contribution in [-0.4, -0.2) is 22.5 Å². The summed E-state index contributed by atoms with van der Waals surface area (Å²) in [4.78, 5) is 11.9. The summed E-state index contributed by atoms with van der Waals surface area (Å²) < 4.78 is 18.0. The molecule has 0 bridgehead atoms. The third-order valence-corrected chi connectivity index (χ3v) is 4.03. The fourth-order valence-electron chi connectivity index (χ4n) is 2.85. The van der Waals surface area contributed by atoms with Crippen LogP contribution in [0.1, 0.15) is 43.4 Å². The lowest BCUT2D eigenvalue weighted by Crippen LogP contribution is -2.20. The molecule has 0 fully saturated rings. The number of fused-ring (bicyclic) bond motifs is 2. The molecular formula is C16H16N2O4. The van der Waals surface area contributed by atoms with Gasteiger partial charge in [0, 0.05) is 29.8 Å². The molecule has 1 aromatic heterocycles. The third kappa shape index (κ3) is 2.03. The van der Waals surface area contributed by atoms with Gasteiger partial charge in [-0.25, -0.2) is 0 Å². The Morgan fingerprint density at radius 3 is 2.73 bits per heavy atom. The fourth-order valence-corrected chi connectivity index (χ4v) is 2.85. The average Bonchev–Trinajstić information content (AvgIpc) is 3.13. The maximum Gasteiger partial charge on any atom is 0.312 e. The van der Waals surface area contributed by atoms with Gasteiger partial charge in [-0.1, -0.05) is 0 Å². The van der Waals surface area contributed by atoms with Crippen LogP contribution in [0.2, 0.25) is 0 Å². The standard InChI is InChI=1S/C16H16N2O4/c1-9(2)18-7-10(6-17-18)11-4-16(19)22-13-5-15-14(3-12(11)13)20-8-21-15/h3,5-7,9,11H,4,8H2,1-2H3/t11-/m0/s1. The van der Waals surface area contributed by atoms with Crippen LogP contribution >= 0.6 is 0 Å². The molecule has 4 rings (SSSR count). The second-order valence-electron chi connectivity index (χ2n) is 5.82. The zero-order chi connectivity index (χ0) is 15.3. The largest absolute Gasteiger partial charge is 0.454 e. The molecule has 0 aliphatic carbocycles. The van der Waals surface area contributed by atoms with E-state index < -0.39 is 0 Å². The van der Waals surface area contributed by atoms with Crippen molar-refractivity contribution in [3.8, 4) is 17.2 Å². The van der Waals surface area contributed by atoms with Crippen LogP contribution in [0.4, 0.5) is 0 Å². The number of ether oxygens (including phenoxy) is 3. The quantitative estimate of drug-likeness (QED) is 0.630. The van der Waals surface area contributed by atoms with Gasteiger partial charge in [-0.2, -0.15) is 5.10 Å². The number of esters is 1. The van der Waals surface area contributed by atoms with Crippen LogP contribution in [-0.2, 0) is 4.79 Å². The van der Waals surface area contributed by atoms with Gasteiger partial charge in [0.2, 0.25) is 6.79 Å². The van der Waals surface area contributed by atoms with E-state index >= 15 is 0 Å². The number of benzene rings is 1. The summed E-state index contributed by atoms with van der Waals surface area (Å²) in [6.45, 7) is 4.33. The molecule has 22 heavy (non-hydrogen) atoms. The predicted octanol–water partition coefficient (Wildman–Crippen LogP) is 2.63. The van der Waals surface area contributed by atoms with E-state index in [-0.39, 0.29) is 24.7 Å². The first-order valence-electron chi connectivity index (χ1n) is 7.30. The molecule has 6 nitrogen and oxygen atoms in total. The Hall–Kier alpha value is -2.50. The van der Waals surface area contributed by atoms with Crippen LogP contribution in [0.15, 0.2) is 24.5 Å². The molecule has 114 valence electrons. The van der Waals surface area contributed by atoms with Crippen LogP contribution < -0.4 is 14.2 Å². The normalized spacial score (nSPS) is 19.2. The van der Waals surface area contributed by atoms with Crippen molar-refractivity contribution in [2.75, 3.05) is 6.79 Å². The monoisotopic (exact) mass is 300 g/mol. The first-order valence-corrected chi connectivity index (χ1v) is 7.30. The zero-order valence-corrected chi connectivity index (χ0v) is 12.4. The molecule has 2 aromatic rings. The Bertz CT molecular complexity index is 751. The lowest BCUT2D eigenvalue weighted by atomic mass is 9.88. The minimum Gasteiger partial charge on any atom is -0.454 e. The lowest BCUT2D eigenvalue weighted by Gasteiger charge is -2.24. The van der Waals surface area contributed by atoms with Crippen molar-refractivity contribution in [1.29, 1.82) is 0 Å². The van der Waals surface area contributed by atoms with E-state index in [0.29, 0.717) is 23.7 Å². The molecule has 0 radical (unpaired) electrons. The second kappa shape index (κ2) is 4.76. The molecule has 1 atom stereocenters. The van der Waals surface area contributed by atoms with Crippen molar-refractivity contribution in [2.45, 2.75) is 32.2 Å². The third-order valence-electron chi connectivity index (χ3n) is 4.03. The van der Waals surface area contributed by atoms with Gasteiger partial charge in [-0.3, -0.25) is 9.48 Å². The Balaban J connectivity index is 1.79. The maximum atomic E-state index is 11.9. The number of nitrogens with zero attached hydrogens (tertiary/aromatic N) is 2. The van der Waals surface area contributed by atoms with E-state index in [2.05, 4.69) is 18.9 Å². The van der Waals surface area contributed by atoms with E-state index in [1.165, 1.54) is 0 Å². The Morgan fingerprint density at radius 2 is 2.00 bits per heavy atom. The van der Waals surface area contributed by atoms with Crippen molar-refractivity contribution < 1.29 is 19.0 Å². The van der Waals surface area contributed by atoms with Gasteiger partial charge >= 0.3 is 5.97 Å². The molecule has 2 aliphatic heterocycles. The highest BCUT2D eigenvalue weighted by Crippen LogP contribution is 2.45. The van der Waals surface area contributed by atoms with Crippen molar-refractivity contribution in [3.63, 3.8) is 0 Å². The highest BCUT2D eigenvalue weighted by molar-refractivity contribution is 5.78. The fraction of sp³-hybridized carbons (Fsp3) is 0.375. The number of carbonyl (C=O) groups is 1. The number of carbonyl (C=O) groups excluding carboxylic acids is 1. The molecule has 0 spiro atoms. The molecule has 6 heteroatoms. The summed E-state index contributed by atoms with van der Waals surface area (Å²) in [5.41, 5.74) is 1.94. The number of hydrogen-bond acceptors (Lipinski definition) is 5. The Morgan fingerprint density at radius 1 is 1.23 bits per heavy atom. The highest BCUT2D eigenvalue weighted by atomic mass is 16.7. The minimum absolute atomic E-state index is 0.0711. The Labute approximate surface area is 127 Å². The molecule has 0 N–H and O–H groups in total. The lowest BCUT2D eigenvalue weighted by molar-refractivity contribution is -0.135. The van der Waals surface area contributed by atoms with E-state index in [1.807, 2.05) is 23.1 Å². The molecule has 0 saturated carbocycles. The van der Waals surface area contributed by atoms with E-state index in [9.17, 15) is 4.79 Å². The van der Waals surface area contributed by atoms with Crippen molar-refractivity contribution in [1.82, 2.24) is 9.78 Å². The van der Waals surface area contributed by atoms with Gasteiger partial charge in [-0.15, -0.1) is 0 Å². The SMILES string of the molecule is CC(C)n1cc([C@@H]2CC(=O)Oc3cc4c(cc32)OCO4)cn1. The molecule has 0 unspecified atom stereocenters. The van der Waals surface area contributed by atoms with Gasteiger partial charge < -0.3 is 14.2 Å². The smallest absolute Gasteiger partial charge is 0.312 e. The van der Waals surface area contributed by atoms with Crippen LogP contribution in [0, 0.1) is 0 Å². The van der Waals surface area contributed by atoms with E-state index in [4.69, 9.17) is 14.2 Å². The van der Waals surface area contributed by atoms with Gasteiger partial charge in [0.25, 0.3) is 0 Å². The number of aromatic nitrogens is 2. The summed E-state index contributed by atoms with van der Waals surface area (Å²) in [5.74, 6) is 1.54. The van der Waals surface area contributed by atoms with E-state index in [0.717, 1.165) is 11.1 Å². The summed E-state index contributed by atoms with van der Waals surface area (Å²) in [6.07, 6.45) is 4.11. The molecule has 3 heterocycles. The van der Waals surface area contributed by atoms with Crippen molar-refractivity contribution in [2.24, 2.45) is 0 Å². The van der Waals surface area contributed by atoms with Gasteiger partial charge in [0.1, 0.15) is 5.75 Å². The zero-order valence-electron chi connectivity index (χ0n) is 12.4. The molecular weight excluding hydrogens is 284 g/mol. The van der Waals surface area contributed by atoms with Crippen molar-refractivity contribution in [3.05, 3.63) is 35.7 Å². The summed E-state index contributed by atoms with van der Waals surface area (Å²) >= 11 is 0. The second-order valence-corrected chi connectivity index (χ2v) is 5.82. The maximum absolute atomic E-state index is 11.9. The van der Waals surface area contributed by atoms with Gasteiger partial charge in [0.05, 0.1) is 12.6 Å². The average molecular weight is 300 g/mol. The molecule has 0 amide bonds. The van der Waals surface area contributed by atoms with Gasteiger partial charge in [-0.05, 0) is 25.5 Å². The van der Waals surface area contributed by atoms with Crippen LogP contribution in [0.5, 0.6) is 17.2 Å². The predicted molar refractivity (Wildman–Crippen MR) is 77.3 cm³/mol. The van der Waals surface area contributed by atoms with Crippen LogP contribution in [0.25, 0.3) is 0 Å². The summed E-state index contributed by atoms with van der Waals surface area (Å²) in [7, 11) is 0. The summed E-state index contributed by atoms with van der Waals surface area (Å²) in [6, 6.07) is 3.91. The topological polar surface area (TPSA) is 62.6 Å².